The van der Waals surface area contributed by atoms with Crippen molar-refractivity contribution in [3.8, 4) is 11.3 Å². The quantitative estimate of drug-likeness (QED) is 0.622. The highest BCUT2D eigenvalue weighted by Gasteiger charge is 2.56. The lowest BCUT2D eigenvalue weighted by atomic mass is 9.53. The van der Waals surface area contributed by atoms with E-state index in [9.17, 15) is 9.59 Å². The van der Waals surface area contributed by atoms with Crippen molar-refractivity contribution in [1.82, 2.24) is 20.4 Å². The minimum absolute atomic E-state index is 0.00799. The molecule has 0 spiro atoms. The lowest BCUT2D eigenvalue weighted by Crippen LogP contribution is -2.60. The van der Waals surface area contributed by atoms with Crippen molar-refractivity contribution in [3.05, 3.63) is 48.2 Å². The van der Waals surface area contributed by atoms with E-state index < -0.39 is 17.3 Å². The zero-order valence-corrected chi connectivity index (χ0v) is 20.5. The molecule has 35 heavy (non-hydrogen) atoms. The van der Waals surface area contributed by atoms with Crippen LogP contribution >= 0.6 is 0 Å². The summed E-state index contributed by atoms with van der Waals surface area (Å²) >= 11 is 0. The third-order valence-electron chi connectivity index (χ3n) is 7.83. The fourth-order valence-corrected chi connectivity index (χ4v) is 6.53. The number of aromatic nitrogens is 2. The van der Waals surface area contributed by atoms with Gasteiger partial charge in [0.1, 0.15) is 5.67 Å². The Morgan fingerprint density at radius 2 is 1.86 bits per heavy atom. The number of hydrogen-bond acceptors (Lipinski definition) is 4. The molecule has 0 aliphatic heterocycles. The summed E-state index contributed by atoms with van der Waals surface area (Å²) < 4.78 is 21.5. The van der Waals surface area contributed by atoms with E-state index in [0.29, 0.717) is 36.4 Å². The molecule has 4 saturated carbocycles. The number of methoxy groups -OCH3 is 1. The SMILES string of the molecule is COC(=O)NC(C)(C)C=Cn1ncc(C(=O)NC2C3CC4CC2CC(F)(C4)C3)c1-c1ccccc1. The summed E-state index contributed by atoms with van der Waals surface area (Å²) in [6.07, 6.45) is 8.39. The average molecular weight is 481 g/mol. The first-order chi connectivity index (χ1) is 16.7. The van der Waals surface area contributed by atoms with Crippen molar-refractivity contribution in [2.75, 3.05) is 7.11 Å². The van der Waals surface area contributed by atoms with Crippen LogP contribution in [0.15, 0.2) is 42.6 Å². The largest absolute Gasteiger partial charge is 0.453 e. The number of rotatable bonds is 6. The van der Waals surface area contributed by atoms with Crippen LogP contribution in [-0.4, -0.2) is 46.1 Å². The molecule has 2 N–H and O–H groups in total. The monoisotopic (exact) mass is 480 g/mol. The molecule has 4 aliphatic rings. The Bertz CT molecular complexity index is 1130. The van der Waals surface area contributed by atoms with Crippen molar-refractivity contribution >= 4 is 18.2 Å². The van der Waals surface area contributed by atoms with Gasteiger partial charge in [-0.05, 0) is 69.8 Å². The highest BCUT2D eigenvalue weighted by Crippen LogP contribution is 2.57. The van der Waals surface area contributed by atoms with E-state index in [1.807, 2.05) is 44.2 Å². The second kappa shape index (κ2) is 8.81. The lowest BCUT2D eigenvalue weighted by Gasteiger charge is -2.56. The number of amides is 2. The number of hydrogen-bond donors (Lipinski definition) is 2. The van der Waals surface area contributed by atoms with Gasteiger partial charge < -0.3 is 15.4 Å². The van der Waals surface area contributed by atoms with Gasteiger partial charge in [0.05, 0.1) is 30.1 Å². The minimum Gasteiger partial charge on any atom is -0.453 e. The summed E-state index contributed by atoms with van der Waals surface area (Å²) in [5.74, 6) is 0.687. The van der Waals surface area contributed by atoms with Crippen LogP contribution in [0.3, 0.4) is 0 Å². The fourth-order valence-electron chi connectivity index (χ4n) is 6.53. The molecule has 2 atom stereocenters. The second-order valence-corrected chi connectivity index (χ2v) is 11.0. The Morgan fingerprint density at radius 1 is 1.17 bits per heavy atom. The number of alkyl halides is 1. The van der Waals surface area contributed by atoms with Crippen LogP contribution in [0.2, 0.25) is 0 Å². The predicted octanol–water partition coefficient (Wildman–Crippen LogP) is 4.80. The Kier molecular flexibility index (Phi) is 5.93. The van der Waals surface area contributed by atoms with Gasteiger partial charge in [-0.3, -0.25) is 4.79 Å². The number of carbonyl (C=O) groups excluding carboxylic acids is 2. The maximum absolute atomic E-state index is 15.1. The van der Waals surface area contributed by atoms with Crippen molar-refractivity contribution in [2.45, 2.75) is 63.2 Å². The Labute approximate surface area is 205 Å². The Balaban J connectivity index is 1.41. The Morgan fingerprint density at radius 3 is 2.49 bits per heavy atom. The van der Waals surface area contributed by atoms with Crippen LogP contribution in [0.1, 0.15) is 56.3 Å². The van der Waals surface area contributed by atoms with Gasteiger partial charge in [0.2, 0.25) is 0 Å². The first-order valence-electron chi connectivity index (χ1n) is 12.3. The molecule has 6 rings (SSSR count). The highest BCUT2D eigenvalue weighted by molar-refractivity contribution is 6.00. The topological polar surface area (TPSA) is 85.2 Å². The number of nitrogens with zero attached hydrogens (tertiary/aromatic N) is 2. The summed E-state index contributed by atoms with van der Waals surface area (Å²) in [7, 11) is 1.32. The number of alkyl carbamates (subject to hydrolysis) is 1. The maximum atomic E-state index is 15.1. The number of benzene rings is 1. The number of ether oxygens (including phenoxy) is 1. The molecule has 8 heteroatoms. The molecule has 4 fully saturated rings. The van der Waals surface area contributed by atoms with E-state index in [1.54, 1.807) is 23.2 Å². The average Bonchev–Trinajstić information content (AvgIpc) is 3.23. The smallest absolute Gasteiger partial charge is 0.407 e. The van der Waals surface area contributed by atoms with Gasteiger partial charge in [0.15, 0.2) is 0 Å². The molecule has 0 radical (unpaired) electrons. The van der Waals surface area contributed by atoms with Crippen LogP contribution in [0.4, 0.5) is 9.18 Å². The molecule has 1 aromatic carbocycles. The van der Waals surface area contributed by atoms with Crippen LogP contribution in [0, 0.1) is 17.8 Å². The first kappa shape index (κ1) is 23.6. The summed E-state index contributed by atoms with van der Waals surface area (Å²) in [6, 6.07) is 9.63. The maximum Gasteiger partial charge on any atom is 0.407 e. The van der Waals surface area contributed by atoms with E-state index in [-0.39, 0.29) is 23.8 Å². The van der Waals surface area contributed by atoms with Gasteiger partial charge in [-0.1, -0.05) is 30.3 Å². The Hall–Kier alpha value is -3.16. The van der Waals surface area contributed by atoms with E-state index in [2.05, 4.69) is 15.7 Å². The zero-order chi connectivity index (χ0) is 24.8. The van der Waals surface area contributed by atoms with Gasteiger partial charge in [-0.2, -0.15) is 5.10 Å². The van der Waals surface area contributed by atoms with E-state index in [4.69, 9.17) is 4.74 Å². The van der Waals surface area contributed by atoms with Crippen molar-refractivity contribution in [3.63, 3.8) is 0 Å². The van der Waals surface area contributed by atoms with Crippen molar-refractivity contribution in [2.24, 2.45) is 17.8 Å². The van der Waals surface area contributed by atoms with Gasteiger partial charge in [-0.15, -0.1) is 0 Å². The molecule has 7 nitrogen and oxygen atoms in total. The van der Waals surface area contributed by atoms with E-state index in [0.717, 1.165) is 18.4 Å². The van der Waals surface area contributed by atoms with E-state index >= 15 is 4.39 Å². The third kappa shape index (κ3) is 4.70. The predicted molar refractivity (Wildman–Crippen MR) is 131 cm³/mol. The van der Waals surface area contributed by atoms with Crippen LogP contribution < -0.4 is 10.6 Å². The molecule has 2 unspecified atom stereocenters. The standard InChI is InChI=1S/C27H33FN4O3/c1-26(2,31-25(34)35-3)9-10-32-23(18-7-5-4-6-8-18)21(16-29-32)24(33)30-22-19-11-17-12-20(22)15-27(28,13-17)14-19/h4-10,16-17,19-20,22H,11-15H2,1-3H3,(H,30,33)(H,31,34). The molecule has 0 saturated heterocycles. The summed E-state index contributed by atoms with van der Waals surface area (Å²) in [5, 5.41) is 10.5. The lowest BCUT2D eigenvalue weighted by molar-refractivity contribution is -0.0906. The molecule has 186 valence electrons. The van der Waals surface area contributed by atoms with Gasteiger partial charge in [0, 0.05) is 17.8 Å². The fraction of sp³-hybridized carbons (Fsp3) is 0.519. The van der Waals surface area contributed by atoms with Crippen molar-refractivity contribution in [1.29, 1.82) is 0 Å². The van der Waals surface area contributed by atoms with Crippen LogP contribution in [-0.2, 0) is 4.74 Å². The van der Waals surface area contributed by atoms with Gasteiger partial charge in [-0.25, -0.2) is 13.9 Å². The minimum atomic E-state index is -1.03. The summed E-state index contributed by atoms with van der Waals surface area (Å²) in [6.45, 7) is 3.67. The molecular weight excluding hydrogens is 447 g/mol. The highest BCUT2D eigenvalue weighted by atomic mass is 19.1. The number of carbonyl (C=O) groups is 2. The summed E-state index contributed by atoms with van der Waals surface area (Å²) in [5.41, 5.74) is 0.264. The van der Waals surface area contributed by atoms with Gasteiger partial charge in [0.25, 0.3) is 5.91 Å². The first-order valence-corrected chi connectivity index (χ1v) is 12.3. The normalized spacial score (nSPS) is 29.4. The molecule has 2 aromatic rings. The molecule has 2 amide bonds. The number of nitrogens with one attached hydrogen (secondary N) is 2. The molecule has 1 heterocycles. The summed E-state index contributed by atoms with van der Waals surface area (Å²) in [4.78, 5) is 25.2. The molecule has 4 bridgehead atoms. The van der Waals surface area contributed by atoms with Gasteiger partial charge >= 0.3 is 6.09 Å². The second-order valence-electron chi connectivity index (χ2n) is 11.0. The van der Waals surface area contributed by atoms with Crippen LogP contribution in [0.5, 0.6) is 0 Å². The third-order valence-corrected chi connectivity index (χ3v) is 7.83. The van der Waals surface area contributed by atoms with Crippen LogP contribution in [0.25, 0.3) is 17.5 Å². The molecule has 4 aliphatic carbocycles. The van der Waals surface area contributed by atoms with Crippen molar-refractivity contribution < 1.29 is 18.7 Å². The molecular formula is C27H33FN4O3. The van der Waals surface area contributed by atoms with E-state index in [1.165, 1.54) is 7.11 Å². The zero-order valence-electron chi connectivity index (χ0n) is 20.5. The molecule has 1 aromatic heterocycles. The number of halogens is 1.